The van der Waals surface area contributed by atoms with E-state index in [0.29, 0.717) is 19.3 Å². The van der Waals surface area contributed by atoms with Crippen molar-refractivity contribution in [3.05, 3.63) is 36.5 Å². The van der Waals surface area contributed by atoms with E-state index >= 15 is 0 Å². The summed E-state index contributed by atoms with van der Waals surface area (Å²) in [5, 5.41) is 0. The van der Waals surface area contributed by atoms with Crippen LogP contribution in [0, 0.1) is 0 Å². The molecule has 0 aliphatic rings. The van der Waals surface area contributed by atoms with Crippen LogP contribution >= 0.6 is 0 Å². The maximum Gasteiger partial charge on any atom is 0.306 e. The highest BCUT2D eigenvalue weighted by atomic mass is 16.6. The van der Waals surface area contributed by atoms with Gasteiger partial charge >= 0.3 is 17.9 Å². The van der Waals surface area contributed by atoms with E-state index in [0.717, 1.165) is 83.5 Å². The molecule has 0 heterocycles. The minimum Gasteiger partial charge on any atom is -0.462 e. The van der Waals surface area contributed by atoms with Gasteiger partial charge in [0.15, 0.2) is 6.10 Å². The van der Waals surface area contributed by atoms with Gasteiger partial charge in [0, 0.05) is 19.3 Å². The molecule has 0 saturated heterocycles. The van der Waals surface area contributed by atoms with Crippen molar-refractivity contribution in [1.82, 2.24) is 0 Å². The summed E-state index contributed by atoms with van der Waals surface area (Å²) in [6.45, 7) is 6.57. The lowest BCUT2D eigenvalue weighted by atomic mass is 10.0. The van der Waals surface area contributed by atoms with Crippen LogP contribution in [-0.2, 0) is 28.6 Å². The number of carbonyl (C=O) groups excluding carboxylic acids is 3. The highest BCUT2D eigenvalue weighted by Crippen LogP contribution is 2.17. The van der Waals surface area contributed by atoms with Gasteiger partial charge in [-0.3, -0.25) is 14.4 Å². The normalized spacial score (nSPS) is 12.2. The molecule has 0 fully saturated rings. The first-order chi connectivity index (χ1) is 33.0. The van der Waals surface area contributed by atoms with Crippen molar-refractivity contribution in [1.29, 1.82) is 0 Å². The second-order valence-corrected chi connectivity index (χ2v) is 19.9. The monoisotopic (exact) mass is 941 g/mol. The molecule has 0 N–H and O–H groups in total. The molecular formula is C61H112O6. The van der Waals surface area contributed by atoms with E-state index in [1.165, 1.54) is 193 Å². The molecule has 1 unspecified atom stereocenters. The molecule has 0 aromatic carbocycles. The fraction of sp³-hybridized carbons (Fsp3) is 0.852. The molecule has 0 saturated carbocycles. The zero-order chi connectivity index (χ0) is 48.6. The minimum atomic E-state index is -0.776. The van der Waals surface area contributed by atoms with Crippen molar-refractivity contribution >= 4 is 17.9 Å². The Morgan fingerprint density at radius 1 is 0.313 bits per heavy atom. The van der Waals surface area contributed by atoms with Crippen LogP contribution in [-0.4, -0.2) is 37.2 Å². The van der Waals surface area contributed by atoms with Gasteiger partial charge in [-0.25, -0.2) is 0 Å². The molecular weight excluding hydrogens is 829 g/mol. The van der Waals surface area contributed by atoms with Crippen LogP contribution in [0.15, 0.2) is 36.5 Å². The highest BCUT2D eigenvalue weighted by molar-refractivity contribution is 5.71. The number of hydrogen-bond donors (Lipinski definition) is 0. The summed E-state index contributed by atoms with van der Waals surface area (Å²) in [7, 11) is 0. The number of unbranched alkanes of at least 4 members (excludes halogenated alkanes) is 37. The van der Waals surface area contributed by atoms with E-state index in [2.05, 4.69) is 57.2 Å². The van der Waals surface area contributed by atoms with E-state index in [9.17, 15) is 14.4 Å². The zero-order valence-corrected chi connectivity index (χ0v) is 44.9. The SMILES string of the molecule is CC/C=C\C/C=C\CCCCCCCCCC(=O)OCC(COC(=O)CCCCCCC/C=C\CCCCCCCCCCC)OC(=O)CCCCCCCCCCCCCCCCCCC. The average molecular weight is 942 g/mol. The largest absolute Gasteiger partial charge is 0.462 e. The van der Waals surface area contributed by atoms with Gasteiger partial charge < -0.3 is 14.2 Å². The van der Waals surface area contributed by atoms with E-state index in [-0.39, 0.29) is 31.1 Å². The standard InChI is InChI=1S/C61H112O6/c1-4-7-10-13-16-19-22-25-28-30-32-33-36-39-42-45-48-51-54-60(63)66-57-58(56-65-59(62)53-50-47-44-41-38-35-27-24-21-18-15-12-9-6-3)67-61(64)55-52-49-46-43-40-37-34-31-29-26-23-20-17-14-11-8-5-2/h9,12,18,21,32-33,58H,4-8,10-11,13-17,19-20,22-31,34-57H2,1-3H3/b12-9-,21-18-,33-32-. The molecule has 0 aromatic heterocycles. The number of esters is 3. The Hall–Kier alpha value is -2.37. The number of carbonyl (C=O) groups is 3. The Balaban J connectivity index is 4.34. The number of allylic oxidation sites excluding steroid dienone is 6. The second-order valence-electron chi connectivity index (χ2n) is 19.9. The summed E-state index contributed by atoms with van der Waals surface area (Å²) in [4.78, 5) is 38.2. The van der Waals surface area contributed by atoms with Crippen LogP contribution in [0.1, 0.15) is 316 Å². The molecule has 392 valence electrons. The van der Waals surface area contributed by atoms with E-state index < -0.39 is 6.10 Å². The van der Waals surface area contributed by atoms with Crippen molar-refractivity contribution < 1.29 is 28.6 Å². The van der Waals surface area contributed by atoms with Gasteiger partial charge in [0.1, 0.15) is 13.2 Å². The summed E-state index contributed by atoms with van der Waals surface area (Å²) in [5.41, 5.74) is 0. The zero-order valence-electron chi connectivity index (χ0n) is 44.9. The van der Waals surface area contributed by atoms with Gasteiger partial charge in [-0.2, -0.15) is 0 Å². The third-order valence-electron chi connectivity index (χ3n) is 13.1. The molecule has 67 heavy (non-hydrogen) atoms. The Morgan fingerprint density at radius 2 is 0.582 bits per heavy atom. The lowest BCUT2D eigenvalue weighted by Gasteiger charge is -2.18. The molecule has 0 aliphatic heterocycles. The first kappa shape index (κ1) is 64.6. The predicted molar refractivity (Wildman–Crippen MR) is 289 cm³/mol. The molecule has 0 amide bonds. The predicted octanol–water partition coefficient (Wildman–Crippen LogP) is 19.7. The second kappa shape index (κ2) is 56.2. The lowest BCUT2D eigenvalue weighted by molar-refractivity contribution is -0.167. The first-order valence-corrected chi connectivity index (χ1v) is 29.5. The number of hydrogen-bond acceptors (Lipinski definition) is 6. The summed E-state index contributed by atoms with van der Waals surface area (Å²) < 4.78 is 16.9. The molecule has 6 nitrogen and oxygen atoms in total. The van der Waals surface area contributed by atoms with Crippen LogP contribution in [0.2, 0.25) is 0 Å². The van der Waals surface area contributed by atoms with Crippen molar-refractivity contribution in [2.45, 2.75) is 322 Å². The molecule has 0 aromatic rings. The van der Waals surface area contributed by atoms with Gasteiger partial charge in [-0.1, -0.05) is 263 Å². The van der Waals surface area contributed by atoms with Gasteiger partial charge in [0.2, 0.25) is 0 Å². The summed E-state index contributed by atoms with van der Waals surface area (Å²) in [6, 6.07) is 0. The average Bonchev–Trinajstić information content (AvgIpc) is 3.33. The van der Waals surface area contributed by atoms with Gasteiger partial charge in [-0.15, -0.1) is 0 Å². The molecule has 0 aliphatic carbocycles. The quantitative estimate of drug-likeness (QED) is 0.0262. The van der Waals surface area contributed by atoms with Crippen molar-refractivity contribution in [2.24, 2.45) is 0 Å². The van der Waals surface area contributed by atoms with Gasteiger partial charge in [-0.05, 0) is 70.6 Å². The molecule has 1 atom stereocenters. The fourth-order valence-electron chi connectivity index (χ4n) is 8.71. The third kappa shape index (κ3) is 54.4. The minimum absolute atomic E-state index is 0.0754. The van der Waals surface area contributed by atoms with Crippen LogP contribution in [0.4, 0.5) is 0 Å². The highest BCUT2D eigenvalue weighted by Gasteiger charge is 2.19. The Bertz CT molecular complexity index is 1130. The fourth-order valence-corrected chi connectivity index (χ4v) is 8.71. The summed E-state index contributed by atoms with van der Waals surface area (Å²) in [6.07, 6.45) is 67.1. The lowest BCUT2D eigenvalue weighted by Crippen LogP contribution is -2.30. The van der Waals surface area contributed by atoms with Crippen LogP contribution < -0.4 is 0 Å². The number of rotatable bonds is 54. The smallest absolute Gasteiger partial charge is 0.306 e. The molecule has 0 rings (SSSR count). The maximum atomic E-state index is 12.9. The Labute approximate surface area is 416 Å². The van der Waals surface area contributed by atoms with Crippen molar-refractivity contribution in [3.63, 3.8) is 0 Å². The summed E-state index contributed by atoms with van der Waals surface area (Å²) in [5.74, 6) is -0.872. The first-order valence-electron chi connectivity index (χ1n) is 29.5. The molecule has 0 spiro atoms. The van der Waals surface area contributed by atoms with Crippen molar-refractivity contribution in [3.8, 4) is 0 Å². The van der Waals surface area contributed by atoms with E-state index in [4.69, 9.17) is 14.2 Å². The van der Waals surface area contributed by atoms with E-state index in [1.807, 2.05) is 0 Å². The topological polar surface area (TPSA) is 78.9 Å². The van der Waals surface area contributed by atoms with Gasteiger partial charge in [0.25, 0.3) is 0 Å². The molecule has 0 radical (unpaired) electrons. The third-order valence-corrected chi connectivity index (χ3v) is 13.1. The number of ether oxygens (including phenoxy) is 3. The Morgan fingerprint density at radius 3 is 0.910 bits per heavy atom. The van der Waals surface area contributed by atoms with Crippen molar-refractivity contribution in [2.75, 3.05) is 13.2 Å². The molecule has 0 bridgehead atoms. The molecule has 6 heteroatoms. The Kier molecular flexibility index (Phi) is 54.2. The van der Waals surface area contributed by atoms with Crippen LogP contribution in [0.5, 0.6) is 0 Å². The summed E-state index contributed by atoms with van der Waals surface area (Å²) >= 11 is 0. The maximum absolute atomic E-state index is 12.9. The van der Waals surface area contributed by atoms with E-state index in [1.54, 1.807) is 0 Å². The van der Waals surface area contributed by atoms with Gasteiger partial charge in [0.05, 0.1) is 0 Å². The van der Waals surface area contributed by atoms with Crippen LogP contribution in [0.3, 0.4) is 0 Å². The van der Waals surface area contributed by atoms with Crippen LogP contribution in [0.25, 0.3) is 0 Å².